The summed E-state index contributed by atoms with van der Waals surface area (Å²) in [6.45, 7) is 5.46. The van der Waals surface area contributed by atoms with Crippen LogP contribution in [0.3, 0.4) is 0 Å². The van der Waals surface area contributed by atoms with Crippen LogP contribution in [0.2, 0.25) is 0 Å². The molecule has 1 aromatic carbocycles. The van der Waals surface area contributed by atoms with Gasteiger partial charge in [0.2, 0.25) is 0 Å². The molecule has 3 heteroatoms. The second kappa shape index (κ2) is 9.46. The number of rotatable bonds is 8. The minimum Gasteiger partial charge on any atom is -0.314 e. The highest BCUT2D eigenvalue weighted by atomic mass is 32.2. The van der Waals surface area contributed by atoms with Crippen LogP contribution in [0.25, 0.3) is 0 Å². The molecule has 2 rings (SSSR count). The number of aryl methyl sites for hydroxylation is 1. The first-order valence-corrected chi connectivity index (χ1v) is 10.2. The molecule has 124 valence electrons. The molecule has 22 heavy (non-hydrogen) atoms. The number of nitrogens with one attached hydrogen (secondary N) is 1. The summed E-state index contributed by atoms with van der Waals surface area (Å²) in [6.07, 6.45) is 7.13. The highest BCUT2D eigenvalue weighted by molar-refractivity contribution is 7.85. The lowest BCUT2D eigenvalue weighted by molar-refractivity contribution is 0.350. The van der Waals surface area contributed by atoms with Gasteiger partial charge in [-0.05, 0) is 50.1 Å². The minimum atomic E-state index is -0.617. The van der Waals surface area contributed by atoms with Crippen molar-refractivity contribution in [3.05, 3.63) is 35.9 Å². The molecule has 1 N–H and O–H groups in total. The van der Waals surface area contributed by atoms with Crippen molar-refractivity contribution in [2.24, 2.45) is 5.92 Å². The largest absolute Gasteiger partial charge is 0.314 e. The smallest absolute Gasteiger partial charge is 0.0362 e. The molecule has 0 saturated heterocycles. The fraction of sp³-hybridized carbons (Fsp3) is 0.684. The van der Waals surface area contributed by atoms with E-state index in [1.165, 1.54) is 24.8 Å². The van der Waals surface area contributed by atoms with Crippen molar-refractivity contribution >= 4 is 10.8 Å². The van der Waals surface area contributed by atoms with E-state index in [-0.39, 0.29) is 0 Å². The van der Waals surface area contributed by atoms with Gasteiger partial charge in [-0.3, -0.25) is 4.21 Å². The predicted molar refractivity (Wildman–Crippen MR) is 96.7 cm³/mol. The van der Waals surface area contributed by atoms with Crippen LogP contribution in [0.4, 0.5) is 0 Å². The van der Waals surface area contributed by atoms with Gasteiger partial charge in [-0.25, -0.2) is 0 Å². The zero-order valence-corrected chi connectivity index (χ0v) is 14.9. The molecule has 1 aromatic rings. The van der Waals surface area contributed by atoms with Crippen LogP contribution in [-0.2, 0) is 17.2 Å². The Hall–Kier alpha value is -0.670. The molecule has 0 amide bonds. The van der Waals surface area contributed by atoms with Gasteiger partial charge in [0.15, 0.2) is 0 Å². The van der Waals surface area contributed by atoms with Crippen LogP contribution in [0.5, 0.6) is 0 Å². The third kappa shape index (κ3) is 5.85. The Morgan fingerprint density at radius 1 is 1.27 bits per heavy atom. The Morgan fingerprint density at radius 2 is 2.05 bits per heavy atom. The number of hydrogen-bond donors (Lipinski definition) is 1. The quantitative estimate of drug-likeness (QED) is 0.786. The van der Waals surface area contributed by atoms with Crippen LogP contribution in [0.15, 0.2) is 30.3 Å². The third-order valence-corrected chi connectivity index (χ3v) is 6.55. The van der Waals surface area contributed by atoms with Gasteiger partial charge in [0.05, 0.1) is 0 Å². The van der Waals surface area contributed by atoms with Crippen LogP contribution in [-0.4, -0.2) is 27.8 Å². The summed E-state index contributed by atoms with van der Waals surface area (Å²) in [6, 6.07) is 11.3. The molecule has 0 radical (unpaired) electrons. The Labute approximate surface area is 138 Å². The maximum absolute atomic E-state index is 12.0. The summed E-state index contributed by atoms with van der Waals surface area (Å²) in [5.74, 6) is 1.50. The van der Waals surface area contributed by atoms with E-state index < -0.39 is 10.8 Å². The molecule has 0 aliphatic heterocycles. The van der Waals surface area contributed by atoms with Gasteiger partial charge in [-0.15, -0.1) is 0 Å². The maximum atomic E-state index is 12.0. The second-order valence-corrected chi connectivity index (χ2v) is 8.70. The Kier molecular flexibility index (Phi) is 7.61. The first-order valence-electron chi connectivity index (χ1n) is 8.83. The van der Waals surface area contributed by atoms with Gasteiger partial charge in [-0.1, -0.05) is 50.6 Å². The van der Waals surface area contributed by atoms with Gasteiger partial charge in [0.1, 0.15) is 0 Å². The van der Waals surface area contributed by atoms with E-state index in [0.29, 0.717) is 17.2 Å². The van der Waals surface area contributed by atoms with Crippen molar-refractivity contribution in [1.82, 2.24) is 5.32 Å². The lowest BCUT2D eigenvalue weighted by atomic mass is 9.94. The maximum Gasteiger partial charge on any atom is 0.0362 e. The summed E-state index contributed by atoms with van der Waals surface area (Å²) in [7, 11) is -0.617. The topological polar surface area (TPSA) is 29.1 Å². The van der Waals surface area contributed by atoms with Crippen molar-refractivity contribution in [1.29, 1.82) is 0 Å². The average molecular weight is 322 g/mol. The van der Waals surface area contributed by atoms with Gasteiger partial charge in [0, 0.05) is 27.8 Å². The van der Waals surface area contributed by atoms with Crippen molar-refractivity contribution in [2.75, 3.05) is 12.3 Å². The van der Waals surface area contributed by atoms with E-state index in [0.717, 1.165) is 31.6 Å². The molecule has 0 spiro atoms. The fourth-order valence-corrected chi connectivity index (χ4v) is 4.68. The molecule has 1 fully saturated rings. The number of hydrogen-bond acceptors (Lipinski definition) is 2. The average Bonchev–Trinajstić information content (AvgIpc) is 2.58. The Morgan fingerprint density at radius 3 is 2.77 bits per heavy atom. The molecule has 1 aliphatic carbocycles. The molecule has 0 aromatic heterocycles. The SMILES string of the molecule is CC[S@](=O)[C@@H]1CCC[C@@H](NC[C@H](C)CCc2ccccc2)C1. The van der Waals surface area contributed by atoms with E-state index in [1.807, 2.05) is 6.92 Å². The van der Waals surface area contributed by atoms with Gasteiger partial charge < -0.3 is 5.32 Å². The van der Waals surface area contributed by atoms with E-state index in [2.05, 4.69) is 42.6 Å². The van der Waals surface area contributed by atoms with E-state index >= 15 is 0 Å². The zero-order chi connectivity index (χ0) is 15.8. The molecule has 0 unspecified atom stereocenters. The van der Waals surface area contributed by atoms with Crippen LogP contribution in [0.1, 0.15) is 51.5 Å². The summed E-state index contributed by atoms with van der Waals surface area (Å²) in [4.78, 5) is 0. The molecule has 1 saturated carbocycles. The molecular weight excluding hydrogens is 290 g/mol. The second-order valence-electron chi connectivity index (χ2n) is 6.69. The first-order chi connectivity index (χ1) is 10.7. The molecular formula is C19H31NOS. The lowest BCUT2D eigenvalue weighted by Gasteiger charge is -2.30. The van der Waals surface area contributed by atoms with E-state index in [4.69, 9.17) is 0 Å². The van der Waals surface area contributed by atoms with Crippen LogP contribution in [0, 0.1) is 5.92 Å². The summed E-state index contributed by atoms with van der Waals surface area (Å²) >= 11 is 0. The van der Waals surface area contributed by atoms with Crippen LogP contribution < -0.4 is 5.32 Å². The summed E-state index contributed by atoms with van der Waals surface area (Å²) in [5.41, 5.74) is 1.44. The Bertz CT molecular complexity index is 448. The minimum absolute atomic E-state index is 0.427. The fourth-order valence-electron chi connectivity index (χ4n) is 3.33. The van der Waals surface area contributed by atoms with Crippen molar-refractivity contribution in [3.8, 4) is 0 Å². The van der Waals surface area contributed by atoms with Crippen LogP contribution >= 0.6 is 0 Å². The normalized spacial score (nSPS) is 24.8. The lowest BCUT2D eigenvalue weighted by Crippen LogP contribution is -2.39. The highest BCUT2D eigenvalue weighted by Crippen LogP contribution is 2.23. The Balaban J connectivity index is 1.67. The van der Waals surface area contributed by atoms with E-state index in [1.54, 1.807) is 0 Å². The monoisotopic (exact) mass is 321 g/mol. The number of benzene rings is 1. The zero-order valence-electron chi connectivity index (χ0n) is 14.1. The van der Waals surface area contributed by atoms with Crippen molar-refractivity contribution in [2.45, 2.75) is 63.7 Å². The molecule has 2 nitrogen and oxygen atoms in total. The first kappa shape index (κ1) is 17.7. The summed E-state index contributed by atoms with van der Waals surface area (Å²) < 4.78 is 12.0. The van der Waals surface area contributed by atoms with Gasteiger partial charge in [0.25, 0.3) is 0 Å². The third-order valence-electron chi connectivity index (χ3n) is 4.81. The molecule has 4 atom stereocenters. The standard InChI is InChI=1S/C19H31NOS/c1-3-22(21)19-11-7-10-18(14-19)20-15-16(2)12-13-17-8-5-4-6-9-17/h4-6,8-9,16,18-20H,3,7,10-15H2,1-2H3/t16-,18-,19-,22+/m1/s1. The molecule has 1 aliphatic rings. The van der Waals surface area contributed by atoms with E-state index in [9.17, 15) is 4.21 Å². The molecule has 0 bridgehead atoms. The van der Waals surface area contributed by atoms with Gasteiger partial charge >= 0.3 is 0 Å². The summed E-state index contributed by atoms with van der Waals surface area (Å²) in [5, 5.41) is 4.16. The van der Waals surface area contributed by atoms with Crippen molar-refractivity contribution < 1.29 is 4.21 Å². The highest BCUT2D eigenvalue weighted by Gasteiger charge is 2.25. The van der Waals surface area contributed by atoms with Gasteiger partial charge in [-0.2, -0.15) is 0 Å². The van der Waals surface area contributed by atoms with Crippen molar-refractivity contribution in [3.63, 3.8) is 0 Å². The predicted octanol–water partition coefficient (Wildman–Crippen LogP) is 3.92. The molecule has 0 heterocycles.